The van der Waals surface area contributed by atoms with E-state index in [1.54, 1.807) is 13.2 Å². The van der Waals surface area contributed by atoms with Gasteiger partial charge >= 0.3 is 6.18 Å². The van der Waals surface area contributed by atoms with Crippen LogP contribution in [0.2, 0.25) is 0 Å². The van der Waals surface area contributed by atoms with Crippen LogP contribution >= 0.6 is 0 Å². The van der Waals surface area contributed by atoms with Gasteiger partial charge in [0.05, 0.1) is 24.2 Å². The van der Waals surface area contributed by atoms with Crippen LogP contribution in [0.1, 0.15) is 23.1 Å². The lowest BCUT2D eigenvalue weighted by atomic mass is 10.1. The Bertz CT molecular complexity index is 911. The summed E-state index contributed by atoms with van der Waals surface area (Å²) in [5.41, 5.74) is 0.748. The molecule has 8 heteroatoms. The molecule has 0 amide bonds. The summed E-state index contributed by atoms with van der Waals surface area (Å²) in [6, 6.07) is 12.3. The van der Waals surface area contributed by atoms with Crippen LogP contribution in [0.15, 0.2) is 48.5 Å². The summed E-state index contributed by atoms with van der Waals surface area (Å²) in [4.78, 5) is 1.95. The van der Waals surface area contributed by atoms with Gasteiger partial charge in [-0.25, -0.2) is 8.42 Å². The average Bonchev–Trinajstić information content (AvgIpc) is 3.01. The van der Waals surface area contributed by atoms with E-state index in [1.165, 1.54) is 6.07 Å². The van der Waals surface area contributed by atoms with Crippen molar-refractivity contribution in [2.45, 2.75) is 31.7 Å². The maximum absolute atomic E-state index is 13.0. The highest BCUT2D eigenvalue weighted by Crippen LogP contribution is 2.30. The summed E-state index contributed by atoms with van der Waals surface area (Å²) in [7, 11) is -1.54. The molecule has 0 N–H and O–H groups in total. The zero-order chi connectivity index (χ0) is 20.4. The molecule has 2 aromatic rings. The maximum atomic E-state index is 13.0. The molecule has 1 atom stereocenters. The van der Waals surface area contributed by atoms with Crippen LogP contribution < -0.4 is 4.74 Å². The monoisotopic (exact) mass is 413 g/mol. The summed E-state index contributed by atoms with van der Waals surface area (Å²) >= 11 is 0. The molecule has 1 fully saturated rings. The van der Waals surface area contributed by atoms with Crippen molar-refractivity contribution in [1.29, 1.82) is 0 Å². The molecule has 0 radical (unpaired) electrons. The predicted octanol–water partition coefficient (Wildman–Crippen LogP) is 3.90. The first-order valence-electron chi connectivity index (χ1n) is 8.90. The van der Waals surface area contributed by atoms with E-state index in [4.69, 9.17) is 4.74 Å². The Morgan fingerprint density at radius 3 is 2.32 bits per heavy atom. The molecule has 0 spiro atoms. The molecule has 1 unspecified atom stereocenters. The third kappa shape index (κ3) is 5.26. The van der Waals surface area contributed by atoms with Gasteiger partial charge in [0.25, 0.3) is 0 Å². The van der Waals surface area contributed by atoms with Crippen LogP contribution in [0.25, 0.3) is 0 Å². The number of methoxy groups -OCH3 is 1. The minimum Gasteiger partial charge on any atom is -0.497 e. The highest BCUT2D eigenvalue weighted by molar-refractivity contribution is 7.91. The van der Waals surface area contributed by atoms with Crippen molar-refractivity contribution < 1.29 is 26.3 Å². The van der Waals surface area contributed by atoms with E-state index in [0.717, 1.165) is 17.7 Å². The fourth-order valence-electron chi connectivity index (χ4n) is 3.42. The van der Waals surface area contributed by atoms with E-state index in [0.29, 0.717) is 24.3 Å². The molecule has 3 rings (SSSR count). The van der Waals surface area contributed by atoms with Gasteiger partial charge in [-0.3, -0.25) is 4.90 Å². The highest BCUT2D eigenvalue weighted by Gasteiger charge is 2.33. The molecular formula is C20H22F3NO3S. The normalized spacial score (nSPS) is 19.1. The van der Waals surface area contributed by atoms with Gasteiger partial charge in [0.2, 0.25) is 0 Å². The van der Waals surface area contributed by atoms with Crippen molar-refractivity contribution >= 4 is 9.84 Å². The molecule has 1 aliphatic heterocycles. The number of halogens is 3. The van der Waals surface area contributed by atoms with Crippen LogP contribution in [0.5, 0.6) is 5.75 Å². The summed E-state index contributed by atoms with van der Waals surface area (Å²) in [6.45, 7) is 0.691. The summed E-state index contributed by atoms with van der Waals surface area (Å²) in [6.07, 6.45) is -3.93. The molecule has 0 saturated carbocycles. The van der Waals surface area contributed by atoms with Gasteiger partial charge in [0, 0.05) is 19.1 Å². The van der Waals surface area contributed by atoms with E-state index in [-0.39, 0.29) is 24.1 Å². The second-order valence-corrected chi connectivity index (χ2v) is 9.24. The number of rotatable bonds is 6. The first-order valence-corrected chi connectivity index (χ1v) is 10.7. The number of nitrogens with zero attached hydrogens (tertiary/aromatic N) is 1. The average molecular weight is 413 g/mol. The van der Waals surface area contributed by atoms with Crippen LogP contribution in [0.4, 0.5) is 13.2 Å². The van der Waals surface area contributed by atoms with Gasteiger partial charge in [-0.15, -0.1) is 0 Å². The van der Waals surface area contributed by atoms with Gasteiger partial charge in [-0.2, -0.15) is 13.2 Å². The zero-order valence-electron chi connectivity index (χ0n) is 15.4. The van der Waals surface area contributed by atoms with Crippen molar-refractivity contribution in [3.05, 3.63) is 65.2 Å². The van der Waals surface area contributed by atoms with Crippen molar-refractivity contribution in [1.82, 2.24) is 4.90 Å². The zero-order valence-corrected chi connectivity index (χ0v) is 16.3. The third-order valence-electron chi connectivity index (χ3n) is 4.91. The smallest absolute Gasteiger partial charge is 0.416 e. The molecule has 2 aromatic carbocycles. The van der Waals surface area contributed by atoms with Crippen LogP contribution in [-0.4, -0.2) is 38.0 Å². The molecule has 152 valence electrons. The van der Waals surface area contributed by atoms with Gasteiger partial charge in [0.15, 0.2) is 9.84 Å². The number of benzene rings is 2. The number of hydrogen-bond donors (Lipinski definition) is 0. The van der Waals surface area contributed by atoms with Crippen molar-refractivity contribution in [2.24, 2.45) is 0 Å². The topological polar surface area (TPSA) is 46.6 Å². The Labute approximate surface area is 162 Å². The standard InChI is InChI=1S/C20H22F3NO3S/c1-27-19-7-5-15(6-8-19)12-24(18-9-10-28(25,26)14-18)13-16-3-2-4-17(11-16)20(21,22)23/h2-8,11,18H,9-10,12-14H2,1H3. The molecule has 1 aliphatic rings. The Morgan fingerprint density at radius 2 is 1.75 bits per heavy atom. The number of sulfone groups is 1. The fraction of sp³-hybridized carbons (Fsp3) is 0.400. The minimum atomic E-state index is -4.41. The fourth-order valence-corrected chi connectivity index (χ4v) is 5.19. The molecule has 1 heterocycles. The molecular weight excluding hydrogens is 391 g/mol. The predicted molar refractivity (Wildman–Crippen MR) is 101 cm³/mol. The van der Waals surface area contributed by atoms with E-state index < -0.39 is 21.6 Å². The first-order chi connectivity index (χ1) is 13.2. The first kappa shape index (κ1) is 20.7. The Hall–Kier alpha value is -2.06. The van der Waals surface area contributed by atoms with E-state index in [1.807, 2.05) is 29.2 Å². The molecule has 0 aromatic heterocycles. The minimum absolute atomic E-state index is 0.0299. The molecule has 28 heavy (non-hydrogen) atoms. The van der Waals surface area contributed by atoms with Gasteiger partial charge in [0.1, 0.15) is 5.75 Å². The largest absolute Gasteiger partial charge is 0.497 e. The van der Waals surface area contributed by atoms with Crippen molar-refractivity contribution in [3.63, 3.8) is 0 Å². The second-order valence-electron chi connectivity index (χ2n) is 7.01. The Kier molecular flexibility index (Phi) is 6.00. The quantitative estimate of drug-likeness (QED) is 0.721. The van der Waals surface area contributed by atoms with E-state index in [2.05, 4.69) is 0 Å². The lowest BCUT2D eigenvalue weighted by molar-refractivity contribution is -0.137. The van der Waals surface area contributed by atoms with Crippen LogP contribution in [-0.2, 0) is 29.1 Å². The lowest BCUT2D eigenvalue weighted by Crippen LogP contribution is -2.35. The van der Waals surface area contributed by atoms with E-state index >= 15 is 0 Å². The van der Waals surface area contributed by atoms with Crippen molar-refractivity contribution in [2.75, 3.05) is 18.6 Å². The molecule has 4 nitrogen and oxygen atoms in total. The lowest BCUT2D eigenvalue weighted by Gasteiger charge is -2.28. The van der Waals surface area contributed by atoms with Gasteiger partial charge in [-0.05, 0) is 35.7 Å². The number of hydrogen-bond acceptors (Lipinski definition) is 4. The number of ether oxygens (including phenoxy) is 1. The van der Waals surface area contributed by atoms with Gasteiger partial charge < -0.3 is 4.74 Å². The van der Waals surface area contributed by atoms with Gasteiger partial charge in [-0.1, -0.05) is 30.3 Å². The maximum Gasteiger partial charge on any atom is 0.416 e. The van der Waals surface area contributed by atoms with Crippen molar-refractivity contribution in [3.8, 4) is 5.75 Å². The summed E-state index contributed by atoms with van der Waals surface area (Å²) < 4.78 is 68.1. The third-order valence-corrected chi connectivity index (χ3v) is 6.66. The van der Waals surface area contributed by atoms with E-state index in [9.17, 15) is 21.6 Å². The Balaban J connectivity index is 1.84. The number of alkyl halides is 3. The van der Waals surface area contributed by atoms with Crippen LogP contribution in [0.3, 0.4) is 0 Å². The highest BCUT2D eigenvalue weighted by atomic mass is 32.2. The SMILES string of the molecule is COc1ccc(CN(Cc2cccc(C(F)(F)F)c2)C2CCS(=O)(=O)C2)cc1. The molecule has 0 bridgehead atoms. The summed E-state index contributed by atoms with van der Waals surface area (Å²) in [5.74, 6) is 0.846. The Morgan fingerprint density at radius 1 is 1.07 bits per heavy atom. The molecule has 1 saturated heterocycles. The van der Waals surface area contributed by atoms with Crippen LogP contribution in [0, 0.1) is 0 Å². The second kappa shape index (κ2) is 8.13. The summed E-state index contributed by atoms with van der Waals surface area (Å²) in [5, 5.41) is 0. The molecule has 0 aliphatic carbocycles.